The number of thioether (sulfide) groups is 1. The second-order valence-corrected chi connectivity index (χ2v) is 8.14. The Morgan fingerprint density at radius 1 is 1.20 bits per heavy atom. The molecule has 1 saturated heterocycles. The standard InChI is InChI=1S/C22H19NO5S2/c1-4-5-14-8-13(9-18(25-2)20(14)26-3)10-19-21(24)23(22(29)30-19)15-6-7-16-17(11-15)28-12-27-16/h4,6-11H,1,5,12H2,2-3H3/b19-10-. The van der Waals surface area contributed by atoms with Gasteiger partial charge in [0, 0.05) is 11.6 Å². The van der Waals surface area contributed by atoms with Crippen LogP contribution in [0.3, 0.4) is 0 Å². The van der Waals surface area contributed by atoms with Crippen molar-refractivity contribution < 1.29 is 23.7 Å². The SMILES string of the molecule is C=CCc1cc(/C=C2\SC(=S)N(c3ccc4c(c3)OCO4)C2=O)cc(OC)c1OC. The van der Waals surface area contributed by atoms with Crippen molar-refractivity contribution in [1.29, 1.82) is 0 Å². The lowest BCUT2D eigenvalue weighted by molar-refractivity contribution is -0.113. The van der Waals surface area contributed by atoms with E-state index in [4.69, 9.17) is 31.2 Å². The van der Waals surface area contributed by atoms with Crippen LogP contribution in [0.1, 0.15) is 11.1 Å². The summed E-state index contributed by atoms with van der Waals surface area (Å²) in [4.78, 5) is 15.1. The van der Waals surface area contributed by atoms with Crippen molar-refractivity contribution in [1.82, 2.24) is 0 Å². The number of carbonyl (C=O) groups excluding carboxylic acids is 1. The highest BCUT2D eigenvalue weighted by Crippen LogP contribution is 2.41. The first-order valence-corrected chi connectivity index (χ1v) is 10.3. The Hall–Kier alpha value is -2.97. The fourth-order valence-corrected chi connectivity index (χ4v) is 4.62. The number of amides is 1. The van der Waals surface area contributed by atoms with Gasteiger partial charge in [-0.1, -0.05) is 30.1 Å². The summed E-state index contributed by atoms with van der Waals surface area (Å²) in [6, 6.07) is 9.11. The fraction of sp³-hybridized carbons (Fsp3) is 0.182. The lowest BCUT2D eigenvalue weighted by Crippen LogP contribution is -2.27. The molecule has 0 aromatic heterocycles. The minimum absolute atomic E-state index is 0.170. The summed E-state index contributed by atoms with van der Waals surface area (Å²) in [6.07, 6.45) is 4.21. The number of rotatable bonds is 6. The Kier molecular flexibility index (Phi) is 5.69. The summed E-state index contributed by atoms with van der Waals surface area (Å²) < 4.78 is 22.2. The van der Waals surface area contributed by atoms with Gasteiger partial charge in [-0.15, -0.1) is 6.58 Å². The summed E-state index contributed by atoms with van der Waals surface area (Å²) in [5.74, 6) is 2.31. The van der Waals surface area contributed by atoms with Crippen LogP contribution in [0, 0.1) is 0 Å². The van der Waals surface area contributed by atoms with Gasteiger partial charge in [-0.2, -0.15) is 0 Å². The molecule has 0 saturated carbocycles. The molecule has 0 aliphatic carbocycles. The Balaban J connectivity index is 1.68. The van der Waals surface area contributed by atoms with Crippen LogP contribution in [-0.4, -0.2) is 31.2 Å². The smallest absolute Gasteiger partial charge is 0.270 e. The van der Waals surface area contributed by atoms with Crippen LogP contribution in [0.25, 0.3) is 6.08 Å². The molecule has 0 spiro atoms. The molecule has 2 aromatic carbocycles. The van der Waals surface area contributed by atoms with E-state index in [-0.39, 0.29) is 12.7 Å². The molecule has 0 atom stereocenters. The number of ether oxygens (including phenoxy) is 4. The van der Waals surface area contributed by atoms with E-state index < -0.39 is 0 Å². The average molecular weight is 442 g/mol. The Bertz CT molecular complexity index is 1080. The van der Waals surface area contributed by atoms with Gasteiger partial charge in [0.2, 0.25) is 6.79 Å². The lowest BCUT2D eigenvalue weighted by Gasteiger charge is -2.15. The van der Waals surface area contributed by atoms with Gasteiger partial charge >= 0.3 is 0 Å². The third kappa shape index (κ3) is 3.64. The Morgan fingerprint density at radius 3 is 2.73 bits per heavy atom. The molecule has 2 aliphatic rings. The molecule has 154 valence electrons. The van der Waals surface area contributed by atoms with Gasteiger partial charge in [-0.3, -0.25) is 9.69 Å². The van der Waals surface area contributed by atoms with E-state index in [0.29, 0.717) is 44.3 Å². The summed E-state index contributed by atoms with van der Waals surface area (Å²) in [5, 5.41) is 0. The molecule has 6 nitrogen and oxygen atoms in total. The predicted molar refractivity (Wildman–Crippen MR) is 122 cm³/mol. The maximum absolute atomic E-state index is 13.1. The number of anilines is 1. The van der Waals surface area contributed by atoms with E-state index in [0.717, 1.165) is 11.1 Å². The molecular formula is C22H19NO5S2. The summed E-state index contributed by atoms with van der Waals surface area (Å²) >= 11 is 6.73. The number of allylic oxidation sites excluding steroid dienone is 1. The van der Waals surface area contributed by atoms with Crippen molar-refractivity contribution >= 4 is 46.0 Å². The van der Waals surface area contributed by atoms with E-state index in [9.17, 15) is 4.79 Å². The molecule has 0 N–H and O–H groups in total. The second-order valence-electron chi connectivity index (χ2n) is 6.46. The highest BCUT2D eigenvalue weighted by atomic mass is 32.2. The number of hydrogen-bond acceptors (Lipinski definition) is 7. The van der Waals surface area contributed by atoms with E-state index >= 15 is 0 Å². The van der Waals surface area contributed by atoms with Gasteiger partial charge < -0.3 is 18.9 Å². The lowest BCUT2D eigenvalue weighted by atomic mass is 10.0. The Labute approximate surface area is 184 Å². The van der Waals surface area contributed by atoms with E-state index in [1.165, 1.54) is 16.7 Å². The number of nitrogens with zero attached hydrogens (tertiary/aromatic N) is 1. The predicted octanol–water partition coefficient (Wildman–Crippen LogP) is 4.57. The van der Waals surface area contributed by atoms with Crippen molar-refractivity contribution in [2.75, 3.05) is 25.9 Å². The third-order valence-electron chi connectivity index (χ3n) is 4.65. The second kappa shape index (κ2) is 8.41. The van der Waals surface area contributed by atoms with Gasteiger partial charge in [0.1, 0.15) is 0 Å². The molecule has 30 heavy (non-hydrogen) atoms. The maximum Gasteiger partial charge on any atom is 0.270 e. The highest BCUT2D eigenvalue weighted by molar-refractivity contribution is 8.27. The minimum atomic E-state index is -0.191. The van der Waals surface area contributed by atoms with Crippen LogP contribution in [0.5, 0.6) is 23.0 Å². The van der Waals surface area contributed by atoms with Gasteiger partial charge in [0.25, 0.3) is 5.91 Å². The molecule has 2 aliphatic heterocycles. The first-order chi connectivity index (χ1) is 14.5. The quantitative estimate of drug-likeness (QED) is 0.370. The van der Waals surface area contributed by atoms with Crippen LogP contribution < -0.4 is 23.8 Å². The van der Waals surface area contributed by atoms with Crippen LogP contribution >= 0.6 is 24.0 Å². The molecule has 4 rings (SSSR count). The summed E-state index contributed by atoms with van der Waals surface area (Å²) in [7, 11) is 3.18. The fourth-order valence-electron chi connectivity index (χ4n) is 3.32. The third-order valence-corrected chi connectivity index (χ3v) is 5.95. The topological polar surface area (TPSA) is 57.2 Å². The first-order valence-electron chi connectivity index (χ1n) is 9.09. The molecule has 2 heterocycles. The molecule has 0 radical (unpaired) electrons. The van der Waals surface area contributed by atoms with Gasteiger partial charge in [-0.05, 0) is 42.3 Å². The highest BCUT2D eigenvalue weighted by Gasteiger charge is 2.34. The zero-order chi connectivity index (χ0) is 21.3. The van der Waals surface area contributed by atoms with Crippen molar-refractivity contribution in [3.8, 4) is 23.0 Å². The van der Waals surface area contributed by atoms with Crippen molar-refractivity contribution in [3.05, 3.63) is 59.0 Å². The molecule has 0 bridgehead atoms. The molecule has 0 unspecified atom stereocenters. The average Bonchev–Trinajstić information content (AvgIpc) is 3.31. The zero-order valence-electron chi connectivity index (χ0n) is 16.5. The van der Waals surface area contributed by atoms with Crippen LogP contribution in [0.2, 0.25) is 0 Å². The molecule has 8 heteroatoms. The zero-order valence-corrected chi connectivity index (χ0v) is 18.1. The van der Waals surface area contributed by atoms with Crippen LogP contribution in [0.15, 0.2) is 47.9 Å². The number of carbonyl (C=O) groups is 1. The summed E-state index contributed by atoms with van der Waals surface area (Å²) in [5.41, 5.74) is 2.38. The van der Waals surface area contributed by atoms with Crippen molar-refractivity contribution in [2.45, 2.75) is 6.42 Å². The van der Waals surface area contributed by atoms with Crippen molar-refractivity contribution in [2.24, 2.45) is 0 Å². The van der Waals surface area contributed by atoms with Crippen LogP contribution in [-0.2, 0) is 11.2 Å². The molecular weight excluding hydrogens is 422 g/mol. The van der Waals surface area contributed by atoms with E-state index in [1.807, 2.05) is 12.1 Å². The summed E-state index contributed by atoms with van der Waals surface area (Å²) in [6.45, 7) is 3.97. The van der Waals surface area contributed by atoms with E-state index in [2.05, 4.69) is 6.58 Å². The normalized spacial score (nSPS) is 16.3. The number of fused-ring (bicyclic) bond motifs is 1. The molecule has 1 amide bonds. The van der Waals surface area contributed by atoms with Gasteiger partial charge in [0.15, 0.2) is 27.3 Å². The minimum Gasteiger partial charge on any atom is -0.493 e. The monoisotopic (exact) mass is 441 g/mol. The Morgan fingerprint density at radius 2 is 2.00 bits per heavy atom. The number of methoxy groups -OCH3 is 2. The maximum atomic E-state index is 13.1. The number of hydrogen-bond donors (Lipinski definition) is 0. The molecule has 1 fully saturated rings. The van der Waals surface area contributed by atoms with E-state index in [1.54, 1.807) is 44.6 Å². The number of benzene rings is 2. The van der Waals surface area contributed by atoms with Crippen molar-refractivity contribution in [3.63, 3.8) is 0 Å². The number of thiocarbonyl (C=S) groups is 1. The van der Waals surface area contributed by atoms with Gasteiger partial charge in [0.05, 0.1) is 24.8 Å². The van der Waals surface area contributed by atoms with Gasteiger partial charge in [-0.25, -0.2) is 0 Å². The first kappa shape index (κ1) is 20.3. The molecule has 2 aromatic rings. The largest absolute Gasteiger partial charge is 0.493 e. The van der Waals surface area contributed by atoms with Crippen LogP contribution in [0.4, 0.5) is 5.69 Å².